The molecule has 9 rings (SSSR count). The standard InChI is InChI=1S/C29H18N3O.C14H16NSi.Ir/c1-18-16-30-17-25-26(18)31-29(32(25)20-9-3-2-4-10-20)24-13-7-12-22-23-15-14-19-8-5-6-11-21(19)27(23)33-28(22)24;1-16(2,3)13-9-10-14(15-11-13)12-7-5-4-6-8-12;/h2-12,14-17H,1H3;4-7,9-11H,1-3H3;/q2*-1;. The molecule has 9 aromatic rings. The molecule has 4 heterocycles. The van der Waals surface area contributed by atoms with Gasteiger partial charge in [0.2, 0.25) is 0 Å². The largest absolute Gasteiger partial charge is 0.500 e. The van der Waals surface area contributed by atoms with Crippen molar-refractivity contribution >= 4 is 57.0 Å². The van der Waals surface area contributed by atoms with Gasteiger partial charge in [0.15, 0.2) is 0 Å². The molecule has 0 fully saturated rings. The van der Waals surface area contributed by atoms with Gasteiger partial charge in [0.05, 0.1) is 36.7 Å². The minimum Gasteiger partial charge on any atom is -0.500 e. The number of benzene rings is 5. The number of furan rings is 1. The quantitative estimate of drug-likeness (QED) is 0.131. The molecule has 0 N–H and O–H groups in total. The first-order valence-corrected chi connectivity index (χ1v) is 19.9. The van der Waals surface area contributed by atoms with E-state index in [1.807, 2.05) is 80.1 Å². The zero-order chi connectivity index (χ0) is 33.5. The van der Waals surface area contributed by atoms with E-state index < -0.39 is 8.07 Å². The van der Waals surface area contributed by atoms with Gasteiger partial charge in [-0.1, -0.05) is 97.3 Å². The summed E-state index contributed by atoms with van der Waals surface area (Å²) in [5, 5.41) is 5.82. The molecule has 5 nitrogen and oxygen atoms in total. The van der Waals surface area contributed by atoms with Gasteiger partial charge >= 0.3 is 0 Å². The van der Waals surface area contributed by atoms with E-state index in [4.69, 9.17) is 9.40 Å². The third kappa shape index (κ3) is 6.09. The zero-order valence-electron chi connectivity index (χ0n) is 28.2. The Bertz CT molecular complexity index is 2590. The van der Waals surface area contributed by atoms with Crippen LogP contribution in [-0.2, 0) is 20.1 Å². The normalized spacial score (nSPS) is 11.4. The molecule has 0 amide bonds. The molecular formula is C43H34IrN4OSi-2. The Morgan fingerprint density at radius 2 is 1.46 bits per heavy atom. The maximum Gasteiger partial charge on any atom is 0.128 e. The summed E-state index contributed by atoms with van der Waals surface area (Å²) in [7, 11) is -1.23. The van der Waals surface area contributed by atoms with Crippen molar-refractivity contribution in [3.8, 4) is 28.3 Å². The first-order valence-electron chi connectivity index (χ1n) is 16.4. The molecule has 0 spiro atoms. The Balaban J connectivity index is 0.000000196. The van der Waals surface area contributed by atoms with Crippen LogP contribution in [0.5, 0.6) is 0 Å². The smallest absolute Gasteiger partial charge is 0.128 e. The van der Waals surface area contributed by atoms with Gasteiger partial charge in [-0.15, -0.1) is 54.1 Å². The first kappa shape index (κ1) is 33.3. The van der Waals surface area contributed by atoms with E-state index in [-0.39, 0.29) is 20.1 Å². The Morgan fingerprint density at radius 3 is 2.22 bits per heavy atom. The minimum atomic E-state index is -1.23. The molecule has 0 bridgehead atoms. The van der Waals surface area contributed by atoms with Crippen molar-refractivity contribution in [1.29, 1.82) is 0 Å². The average Bonchev–Trinajstić information content (AvgIpc) is 3.73. The van der Waals surface area contributed by atoms with Gasteiger partial charge in [-0.3, -0.25) is 9.97 Å². The third-order valence-corrected chi connectivity index (χ3v) is 11.0. The van der Waals surface area contributed by atoms with Crippen LogP contribution >= 0.6 is 0 Å². The molecule has 0 aliphatic rings. The molecule has 5 aromatic carbocycles. The Hall–Kier alpha value is -5.20. The first-order chi connectivity index (χ1) is 23.9. The van der Waals surface area contributed by atoms with Crippen LogP contribution < -0.4 is 5.19 Å². The summed E-state index contributed by atoms with van der Waals surface area (Å²) in [5.74, 6) is 0.793. The number of fused-ring (bicyclic) bond motifs is 6. The number of imidazole rings is 1. The summed E-state index contributed by atoms with van der Waals surface area (Å²) in [6.45, 7) is 9.04. The fraction of sp³-hybridized carbons (Fsp3) is 0.0930. The molecule has 0 saturated heterocycles. The fourth-order valence-electron chi connectivity index (χ4n) is 6.31. The third-order valence-electron chi connectivity index (χ3n) is 8.93. The number of para-hydroxylation sites is 1. The van der Waals surface area contributed by atoms with Crippen LogP contribution in [0, 0.1) is 19.1 Å². The van der Waals surface area contributed by atoms with Crippen molar-refractivity contribution in [3.05, 3.63) is 152 Å². The minimum absolute atomic E-state index is 0. The molecule has 0 atom stereocenters. The summed E-state index contributed by atoms with van der Waals surface area (Å²) in [5.41, 5.74) is 8.53. The van der Waals surface area contributed by atoms with Gasteiger partial charge in [-0.25, -0.2) is 0 Å². The Kier molecular flexibility index (Phi) is 9.06. The predicted octanol–water partition coefficient (Wildman–Crippen LogP) is 10.3. The molecule has 50 heavy (non-hydrogen) atoms. The van der Waals surface area contributed by atoms with Crippen LogP contribution in [0.1, 0.15) is 5.56 Å². The van der Waals surface area contributed by atoms with Gasteiger partial charge in [0.25, 0.3) is 0 Å². The fourth-order valence-corrected chi connectivity index (χ4v) is 7.35. The van der Waals surface area contributed by atoms with Crippen molar-refractivity contribution in [2.75, 3.05) is 0 Å². The van der Waals surface area contributed by atoms with Crippen LogP contribution in [-0.4, -0.2) is 27.6 Å². The average molecular weight is 843 g/mol. The van der Waals surface area contributed by atoms with Crippen molar-refractivity contribution in [1.82, 2.24) is 19.5 Å². The molecule has 0 unspecified atom stereocenters. The molecular weight excluding hydrogens is 809 g/mol. The molecule has 1 radical (unpaired) electrons. The number of hydrogen-bond donors (Lipinski definition) is 0. The van der Waals surface area contributed by atoms with Crippen molar-refractivity contribution in [2.45, 2.75) is 26.6 Å². The van der Waals surface area contributed by atoms with E-state index in [0.717, 1.165) is 77.6 Å². The van der Waals surface area contributed by atoms with Crippen LogP contribution in [0.2, 0.25) is 19.6 Å². The number of aromatic nitrogens is 4. The van der Waals surface area contributed by atoms with E-state index in [0.29, 0.717) is 0 Å². The summed E-state index contributed by atoms with van der Waals surface area (Å²) in [6.07, 6.45) is 5.74. The molecule has 7 heteroatoms. The summed E-state index contributed by atoms with van der Waals surface area (Å²) >= 11 is 0. The number of rotatable bonds is 4. The van der Waals surface area contributed by atoms with Crippen LogP contribution in [0.4, 0.5) is 0 Å². The van der Waals surface area contributed by atoms with E-state index in [2.05, 4.69) is 107 Å². The number of nitrogens with zero attached hydrogens (tertiary/aromatic N) is 4. The number of pyridine rings is 2. The van der Waals surface area contributed by atoms with Crippen molar-refractivity contribution < 1.29 is 24.5 Å². The summed E-state index contributed by atoms with van der Waals surface area (Å²) in [6, 6.07) is 45.8. The van der Waals surface area contributed by atoms with Crippen molar-refractivity contribution in [3.63, 3.8) is 0 Å². The Labute approximate surface area is 306 Å². The number of aryl methyl sites for hydroxylation is 1. The monoisotopic (exact) mass is 843 g/mol. The molecule has 0 aliphatic heterocycles. The molecule has 0 aliphatic carbocycles. The van der Waals surface area contributed by atoms with Gasteiger partial charge in [-0.05, 0) is 40.9 Å². The molecule has 0 saturated carbocycles. The zero-order valence-corrected chi connectivity index (χ0v) is 31.6. The SMILES string of the molecule is C[Si](C)(C)c1ccc(-c2[c-]cccc2)nc1.Cc1cncc2c1nc(-c1[c-]ccc3c1oc1c4ccccc4ccc31)n2-c1ccccc1.[Ir]. The van der Waals surface area contributed by atoms with Gasteiger partial charge in [0.1, 0.15) is 5.58 Å². The maximum atomic E-state index is 6.57. The molecule has 247 valence electrons. The second kappa shape index (κ2) is 13.6. The van der Waals surface area contributed by atoms with Gasteiger partial charge in [-0.2, -0.15) is 0 Å². The van der Waals surface area contributed by atoms with Gasteiger partial charge < -0.3 is 14.0 Å². The van der Waals surface area contributed by atoms with Crippen molar-refractivity contribution in [2.24, 2.45) is 0 Å². The number of hydrogen-bond acceptors (Lipinski definition) is 4. The predicted molar refractivity (Wildman–Crippen MR) is 204 cm³/mol. The maximum absolute atomic E-state index is 6.57. The van der Waals surface area contributed by atoms with E-state index in [1.165, 1.54) is 5.19 Å². The molecule has 4 aromatic heterocycles. The second-order valence-electron chi connectivity index (χ2n) is 13.2. The topological polar surface area (TPSA) is 56.7 Å². The summed E-state index contributed by atoms with van der Waals surface area (Å²) < 4.78 is 8.71. The van der Waals surface area contributed by atoms with E-state index in [1.54, 1.807) is 0 Å². The van der Waals surface area contributed by atoms with E-state index in [9.17, 15) is 0 Å². The van der Waals surface area contributed by atoms with Crippen LogP contribution in [0.3, 0.4) is 0 Å². The second-order valence-corrected chi connectivity index (χ2v) is 18.3. The van der Waals surface area contributed by atoms with Crippen LogP contribution in [0.15, 0.2) is 138 Å². The Morgan fingerprint density at radius 1 is 0.680 bits per heavy atom. The van der Waals surface area contributed by atoms with Gasteiger partial charge in [0, 0.05) is 49.0 Å². The summed E-state index contributed by atoms with van der Waals surface area (Å²) in [4.78, 5) is 14.0. The van der Waals surface area contributed by atoms with E-state index >= 15 is 0 Å². The van der Waals surface area contributed by atoms with Crippen LogP contribution in [0.25, 0.3) is 72.1 Å².